The van der Waals surface area contributed by atoms with E-state index in [4.69, 9.17) is 4.74 Å². The first kappa shape index (κ1) is 19.2. The SMILES string of the molecule is CCN(CC)C(=O)[C@@H]1Cn2ccnc2C2(CCN(C(=O)N3CCCC3)CC2)O1. The van der Waals surface area contributed by atoms with Crippen molar-refractivity contribution in [3.63, 3.8) is 0 Å². The summed E-state index contributed by atoms with van der Waals surface area (Å²) < 4.78 is 8.54. The molecule has 1 spiro atoms. The van der Waals surface area contributed by atoms with Crippen LogP contribution in [0.3, 0.4) is 0 Å². The fraction of sp³-hybridized carbons (Fsp3) is 0.750. The summed E-state index contributed by atoms with van der Waals surface area (Å²) >= 11 is 0. The van der Waals surface area contributed by atoms with Gasteiger partial charge in [0, 0.05) is 64.5 Å². The van der Waals surface area contributed by atoms with Crippen molar-refractivity contribution in [1.29, 1.82) is 0 Å². The predicted octanol–water partition coefficient (Wildman–Crippen LogP) is 1.66. The lowest BCUT2D eigenvalue weighted by Gasteiger charge is -2.46. The van der Waals surface area contributed by atoms with Gasteiger partial charge in [-0.15, -0.1) is 0 Å². The van der Waals surface area contributed by atoms with E-state index in [0.29, 0.717) is 45.6 Å². The third-order valence-electron chi connectivity index (χ3n) is 6.42. The van der Waals surface area contributed by atoms with Crippen molar-refractivity contribution in [2.75, 3.05) is 39.3 Å². The smallest absolute Gasteiger partial charge is 0.320 e. The fourth-order valence-electron chi connectivity index (χ4n) is 4.77. The minimum atomic E-state index is -0.586. The summed E-state index contributed by atoms with van der Waals surface area (Å²) in [5, 5.41) is 0. The van der Waals surface area contributed by atoms with Gasteiger partial charge in [-0.1, -0.05) is 0 Å². The topological polar surface area (TPSA) is 70.9 Å². The van der Waals surface area contributed by atoms with Gasteiger partial charge in [-0.25, -0.2) is 9.78 Å². The van der Waals surface area contributed by atoms with Crippen LogP contribution in [-0.4, -0.2) is 81.6 Å². The first-order valence-corrected chi connectivity index (χ1v) is 10.6. The maximum Gasteiger partial charge on any atom is 0.320 e. The van der Waals surface area contributed by atoms with Crippen molar-refractivity contribution in [2.45, 2.75) is 57.8 Å². The number of carbonyl (C=O) groups is 2. The van der Waals surface area contributed by atoms with E-state index in [2.05, 4.69) is 9.55 Å². The molecule has 0 aliphatic carbocycles. The van der Waals surface area contributed by atoms with Crippen LogP contribution in [0.2, 0.25) is 0 Å². The number of likely N-dealkylation sites (N-methyl/N-ethyl adjacent to an activating group) is 1. The number of ether oxygens (including phenoxy) is 1. The third-order valence-corrected chi connectivity index (χ3v) is 6.42. The molecule has 0 saturated carbocycles. The first-order valence-electron chi connectivity index (χ1n) is 10.6. The normalized spacial score (nSPS) is 23.7. The van der Waals surface area contributed by atoms with Gasteiger partial charge in [-0.05, 0) is 26.7 Å². The Balaban J connectivity index is 1.50. The molecule has 0 radical (unpaired) electrons. The van der Waals surface area contributed by atoms with E-state index in [0.717, 1.165) is 31.8 Å². The number of nitrogens with zero attached hydrogens (tertiary/aromatic N) is 5. The van der Waals surface area contributed by atoms with Crippen LogP contribution in [0, 0.1) is 0 Å². The zero-order valence-electron chi connectivity index (χ0n) is 17.0. The van der Waals surface area contributed by atoms with Crippen LogP contribution in [-0.2, 0) is 21.7 Å². The molecule has 28 heavy (non-hydrogen) atoms. The van der Waals surface area contributed by atoms with Crippen LogP contribution >= 0.6 is 0 Å². The maximum atomic E-state index is 13.0. The molecule has 1 atom stereocenters. The first-order chi connectivity index (χ1) is 13.6. The summed E-state index contributed by atoms with van der Waals surface area (Å²) in [5.41, 5.74) is -0.586. The lowest BCUT2D eigenvalue weighted by Crippen LogP contribution is -2.56. The monoisotopic (exact) mass is 389 g/mol. The van der Waals surface area contributed by atoms with Crippen molar-refractivity contribution in [3.05, 3.63) is 18.2 Å². The fourth-order valence-corrected chi connectivity index (χ4v) is 4.77. The zero-order chi connectivity index (χ0) is 19.7. The second-order valence-corrected chi connectivity index (χ2v) is 7.98. The maximum absolute atomic E-state index is 13.0. The predicted molar refractivity (Wildman–Crippen MR) is 104 cm³/mol. The Labute approximate surface area is 166 Å². The van der Waals surface area contributed by atoms with Gasteiger partial charge in [0.1, 0.15) is 11.4 Å². The minimum absolute atomic E-state index is 0.0410. The Morgan fingerprint density at radius 3 is 2.43 bits per heavy atom. The molecule has 4 rings (SSSR count). The standard InChI is InChI=1S/C20H31N5O3/c1-3-22(4-2)17(26)16-15-25-14-9-21-18(25)20(28-16)7-12-24(13-8-20)19(27)23-10-5-6-11-23/h9,14,16H,3-8,10-13,15H2,1-2H3/t16-/m0/s1. The molecule has 0 unspecified atom stereocenters. The molecular formula is C20H31N5O3. The van der Waals surface area contributed by atoms with Gasteiger partial charge in [0.25, 0.3) is 5.91 Å². The lowest BCUT2D eigenvalue weighted by atomic mass is 9.88. The number of imidazole rings is 1. The van der Waals surface area contributed by atoms with Gasteiger partial charge < -0.3 is 24.0 Å². The third kappa shape index (κ3) is 3.27. The molecule has 3 aliphatic heterocycles. The highest BCUT2D eigenvalue weighted by atomic mass is 16.5. The summed E-state index contributed by atoms with van der Waals surface area (Å²) in [7, 11) is 0. The number of rotatable bonds is 3. The number of amides is 3. The van der Waals surface area contributed by atoms with Crippen molar-refractivity contribution in [3.8, 4) is 0 Å². The van der Waals surface area contributed by atoms with Crippen molar-refractivity contribution >= 4 is 11.9 Å². The van der Waals surface area contributed by atoms with Gasteiger partial charge in [-0.2, -0.15) is 0 Å². The van der Waals surface area contributed by atoms with Crippen LogP contribution in [0.25, 0.3) is 0 Å². The van der Waals surface area contributed by atoms with Gasteiger partial charge in [0.05, 0.1) is 6.54 Å². The summed E-state index contributed by atoms with van der Waals surface area (Å²) in [5.74, 6) is 0.934. The zero-order valence-corrected chi connectivity index (χ0v) is 17.0. The number of carbonyl (C=O) groups excluding carboxylic acids is 2. The molecule has 154 valence electrons. The highest BCUT2D eigenvalue weighted by Gasteiger charge is 2.48. The van der Waals surface area contributed by atoms with Crippen LogP contribution in [0.1, 0.15) is 45.4 Å². The van der Waals surface area contributed by atoms with E-state index >= 15 is 0 Å². The van der Waals surface area contributed by atoms with Crippen molar-refractivity contribution in [1.82, 2.24) is 24.3 Å². The quantitative estimate of drug-likeness (QED) is 0.788. The molecule has 3 aliphatic rings. The Kier molecular flexibility index (Phi) is 5.31. The summed E-state index contributed by atoms with van der Waals surface area (Å²) in [6.45, 7) is 8.83. The molecule has 4 heterocycles. The largest absolute Gasteiger partial charge is 0.352 e. The number of hydrogen-bond acceptors (Lipinski definition) is 4. The molecule has 0 N–H and O–H groups in total. The molecular weight excluding hydrogens is 358 g/mol. The van der Waals surface area contributed by atoms with Crippen molar-refractivity contribution < 1.29 is 14.3 Å². The second-order valence-electron chi connectivity index (χ2n) is 7.98. The van der Waals surface area contributed by atoms with E-state index in [9.17, 15) is 9.59 Å². The van der Waals surface area contributed by atoms with Crippen LogP contribution in [0.4, 0.5) is 4.79 Å². The second kappa shape index (κ2) is 7.73. The lowest BCUT2D eigenvalue weighted by molar-refractivity contribution is -0.179. The Morgan fingerprint density at radius 2 is 1.79 bits per heavy atom. The average molecular weight is 390 g/mol. The van der Waals surface area contributed by atoms with Gasteiger partial charge in [0.15, 0.2) is 6.10 Å². The van der Waals surface area contributed by atoms with E-state index < -0.39 is 11.7 Å². The van der Waals surface area contributed by atoms with Gasteiger partial charge in [0.2, 0.25) is 0 Å². The Morgan fingerprint density at radius 1 is 1.14 bits per heavy atom. The average Bonchev–Trinajstić information content (AvgIpc) is 3.41. The summed E-state index contributed by atoms with van der Waals surface area (Å²) in [6, 6.07) is 0.141. The number of likely N-dealkylation sites (tertiary alicyclic amines) is 2. The molecule has 3 amide bonds. The van der Waals surface area contributed by atoms with E-state index in [-0.39, 0.29) is 11.9 Å². The van der Waals surface area contributed by atoms with E-state index in [1.165, 1.54) is 0 Å². The molecule has 8 heteroatoms. The minimum Gasteiger partial charge on any atom is -0.352 e. The van der Waals surface area contributed by atoms with Gasteiger partial charge >= 0.3 is 6.03 Å². The van der Waals surface area contributed by atoms with Crippen LogP contribution in [0.5, 0.6) is 0 Å². The number of aromatic nitrogens is 2. The van der Waals surface area contributed by atoms with Crippen LogP contribution in [0.15, 0.2) is 12.4 Å². The number of piperidine rings is 1. The van der Waals surface area contributed by atoms with Gasteiger partial charge in [-0.3, -0.25) is 4.79 Å². The molecule has 2 fully saturated rings. The molecule has 8 nitrogen and oxygen atoms in total. The summed E-state index contributed by atoms with van der Waals surface area (Å²) in [6.07, 6.45) is 6.76. The van der Waals surface area contributed by atoms with E-state index in [1.54, 1.807) is 6.20 Å². The highest BCUT2D eigenvalue weighted by molar-refractivity contribution is 5.81. The number of hydrogen-bond donors (Lipinski definition) is 0. The highest BCUT2D eigenvalue weighted by Crippen LogP contribution is 2.40. The van der Waals surface area contributed by atoms with Crippen molar-refractivity contribution in [2.24, 2.45) is 0 Å². The molecule has 0 bridgehead atoms. The summed E-state index contributed by atoms with van der Waals surface area (Å²) in [4.78, 5) is 36.0. The van der Waals surface area contributed by atoms with Crippen LogP contribution < -0.4 is 0 Å². The number of urea groups is 1. The molecule has 2 saturated heterocycles. The Bertz CT molecular complexity index is 715. The van der Waals surface area contributed by atoms with E-state index in [1.807, 2.05) is 34.7 Å². The molecule has 1 aromatic heterocycles. The molecule has 0 aromatic carbocycles. The Hall–Kier alpha value is -2.09. The number of fused-ring (bicyclic) bond motifs is 2. The molecule has 1 aromatic rings.